The quantitative estimate of drug-likeness (QED) is 0.622. The van der Waals surface area contributed by atoms with Gasteiger partial charge in [-0.15, -0.1) is 0 Å². The Kier molecular flexibility index (Phi) is 6.46. The van der Waals surface area contributed by atoms with Gasteiger partial charge in [0, 0.05) is 7.11 Å². The molecule has 1 heterocycles. The lowest BCUT2D eigenvalue weighted by atomic mass is 10.1. The minimum atomic E-state index is -4.61. The van der Waals surface area contributed by atoms with Gasteiger partial charge in [0.2, 0.25) is 6.10 Å². The first-order valence-electron chi connectivity index (χ1n) is 6.28. The van der Waals surface area contributed by atoms with Crippen molar-refractivity contribution in [2.45, 2.75) is 19.2 Å². The number of nitrogens with one attached hydrogen (secondary N) is 1. The van der Waals surface area contributed by atoms with Crippen LogP contribution in [0.15, 0.2) is 12.1 Å². The zero-order chi connectivity index (χ0) is 17.6. The average Bonchev–Trinajstić information content (AvgIpc) is 2.49. The Hall–Kier alpha value is -2.20. The molecule has 0 fully saturated rings. The van der Waals surface area contributed by atoms with Crippen molar-refractivity contribution < 1.29 is 37.1 Å². The molecule has 128 valence electrons. The zero-order valence-electron chi connectivity index (χ0n) is 12.6. The minimum absolute atomic E-state index is 0.126. The molecule has 0 bridgehead atoms. The van der Waals surface area contributed by atoms with Crippen LogP contribution in [-0.2, 0) is 25.3 Å². The maximum Gasteiger partial charge on any atom is 0.433 e. The Labute approximate surface area is 129 Å². The number of nitrogens with zero attached hydrogens (tertiary/aromatic N) is 1. The number of alkyl halides is 3. The number of aryl methyl sites for hydroxylation is 1. The van der Waals surface area contributed by atoms with E-state index in [9.17, 15) is 22.8 Å². The number of aromatic nitrogens is 1. The highest BCUT2D eigenvalue weighted by Crippen LogP contribution is 2.28. The number of ether oxygens (including phenoxy) is 2. The second kappa shape index (κ2) is 7.88. The van der Waals surface area contributed by atoms with Gasteiger partial charge < -0.3 is 9.47 Å². The van der Waals surface area contributed by atoms with E-state index in [0.29, 0.717) is 6.07 Å². The molecule has 10 heteroatoms. The van der Waals surface area contributed by atoms with Crippen LogP contribution in [0.25, 0.3) is 0 Å². The van der Waals surface area contributed by atoms with Crippen LogP contribution in [0.5, 0.6) is 0 Å². The lowest BCUT2D eigenvalue weighted by molar-refractivity contribution is -0.161. The van der Waals surface area contributed by atoms with Crippen LogP contribution in [0.2, 0.25) is 0 Å². The molecule has 0 saturated heterocycles. The minimum Gasteiger partial charge on any atom is -0.467 e. The Bertz CT molecular complexity index is 577. The van der Waals surface area contributed by atoms with E-state index in [0.717, 1.165) is 13.2 Å². The van der Waals surface area contributed by atoms with E-state index >= 15 is 0 Å². The molecular formula is C13H15F3N2O5. The van der Waals surface area contributed by atoms with Crippen molar-refractivity contribution in [1.29, 1.82) is 0 Å². The molecule has 1 aromatic rings. The molecule has 1 atom stereocenters. The van der Waals surface area contributed by atoms with Crippen molar-refractivity contribution in [3.8, 4) is 0 Å². The maximum atomic E-state index is 12.5. The SMILES string of the molecule is COCC(ONC(=O)c1ccc(C(F)(F)F)nc1C)C(=O)OC. The molecule has 0 aliphatic rings. The number of hydroxylamine groups is 1. The molecule has 0 aliphatic heterocycles. The van der Waals surface area contributed by atoms with Crippen LogP contribution < -0.4 is 5.48 Å². The summed E-state index contributed by atoms with van der Waals surface area (Å²) in [6, 6.07) is 1.64. The molecule has 0 radical (unpaired) electrons. The molecule has 1 unspecified atom stereocenters. The molecule has 0 saturated carbocycles. The fraction of sp³-hybridized carbons (Fsp3) is 0.462. The predicted molar refractivity (Wildman–Crippen MR) is 70.2 cm³/mol. The van der Waals surface area contributed by atoms with E-state index in [-0.39, 0.29) is 17.9 Å². The molecule has 7 nitrogen and oxygen atoms in total. The van der Waals surface area contributed by atoms with Crippen molar-refractivity contribution in [3.63, 3.8) is 0 Å². The number of hydrogen-bond acceptors (Lipinski definition) is 6. The van der Waals surface area contributed by atoms with Gasteiger partial charge in [-0.25, -0.2) is 15.3 Å². The first-order valence-corrected chi connectivity index (χ1v) is 6.28. The zero-order valence-corrected chi connectivity index (χ0v) is 12.6. The van der Waals surface area contributed by atoms with Crippen LogP contribution in [0.1, 0.15) is 21.7 Å². The monoisotopic (exact) mass is 336 g/mol. The second-order valence-corrected chi connectivity index (χ2v) is 4.34. The van der Waals surface area contributed by atoms with E-state index in [1.807, 2.05) is 5.48 Å². The highest BCUT2D eigenvalue weighted by atomic mass is 19.4. The van der Waals surface area contributed by atoms with Gasteiger partial charge in [0.15, 0.2) is 0 Å². The summed E-state index contributed by atoms with van der Waals surface area (Å²) in [6.07, 6.45) is -5.82. The Balaban J connectivity index is 2.80. The highest BCUT2D eigenvalue weighted by molar-refractivity contribution is 5.94. The van der Waals surface area contributed by atoms with Gasteiger partial charge in [0.25, 0.3) is 5.91 Å². The molecule has 23 heavy (non-hydrogen) atoms. The van der Waals surface area contributed by atoms with Gasteiger partial charge in [-0.1, -0.05) is 0 Å². The molecule has 1 N–H and O–H groups in total. The van der Waals surface area contributed by atoms with E-state index in [1.165, 1.54) is 14.0 Å². The molecule has 1 aromatic heterocycles. The Morgan fingerprint density at radius 1 is 1.30 bits per heavy atom. The standard InChI is InChI=1S/C13H15F3N2O5/c1-7-8(4-5-10(17-7)13(14,15)16)11(19)18-23-9(6-21-2)12(20)22-3/h4-5,9H,6H2,1-3H3,(H,18,19). The fourth-order valence-electron chi connectivity index (χ4n) is 1.57. The molecule has 0 aliphatic carbocycles. The van der Waals surface area contributed by atoms with E-state index in [2.05, 4.69) is 9.72 Å². The van der Waals surface area contributed by atoms with Crippen molar-refractivity contribution in [3.05, 3.63) is 29.1 Å². The van der Waals surface area contributed by atoms with Crippen LogP contribution in [0, 0.1) is 6.92 Å². The molecule has 0 aromatic carbocycles. The van der Waals surface area contributed by atoms with Crippen LogP contribution in [0.4, 0.5) is 13.2 Å². The topological polar surface area (TPSA) is 86.8 Å². The van der Waals surface area contributed by atoms with Gasteiger partial charge in [-0.05, 0) is 19.1 Å². The lowest BCUT2D eigenvalue weighted by Gasteiger charge is -2.15. The number of methoxy groups -OCH3 is 2. The third-order valence-electron chi connectivity index (χ3n) is 2.70. The predicted octanol–water partition coefficient (Wildman–Crippen LogP) is 1.26. The van der Waals surface area contributed by atoms with E-state index in [1.54, 1.807) is 0 Å². The summed E-state index contributed by atoms with van der Waals surface area (Å²) < 4.78 is 46.7. The van der Waals surface area contributed by atoms with Crippen molar-refractivity contribution in [1.82, 2.24) is 10.5 Å². The highest BCUT2D eigenvalue weighted by Gasteiger charge is 2.33. The number of esters is 1. The fourth-order valence-corrected chi connectivity index (χ4v) is 1.57. The van der Waals surface area contributed by atoms with Crippen LogP contribution in [-0.4, -0.2) is 43.8 Å². The smallest absolute Gasteiger partial charge is 0.433 e. The molecule has 1 amide bonds. The number of carbonyl (C=O) groups excluding carboxylic acids is 2. The molecular weight excluding hydrogens is 321 g/mol. The molecule has 0 spiro atoms. The van der Waals surface area contributed by atoms with Gasteiger partial charge in [-0.2, -0.15) is 13.2 Å². The van der Waals surface area contributed by atoms with E-state index in [4.69, 9.17) is 9.57 Å². The van der Waals surface area contributed by atoms with Gasteiger partial charge in [0.05, 0.1) is 25.0 Å². The number of rotatable bonds is 6. The first-order chi connectivity index (χ1) is 10.7. The average molecular weight is 336 g/mol. The van der Waals surface area contributed by atoms with Crippen molar-refractivity contribution >= 4 is 11.9 Å². The normalized spacial score (nSPS) is 12.6. The maximum absolute atomic E-state index is 12.5. The third-order valence-corrected chi connectivity index (χ3v) is 2.70. The Morgan fingerprint density at radius 3 is 2.43 bits per heavy atom. The summed E-state index contributed by atoms with van der Waals surface area (Å²) in [7, 11) is 2.44. The first kappa shape index (κ1) is 18.8. The van der Waals surface area contributed by atoms with Crippen molar-refractivity contribution in [2.24, 2.45) is 0 Å². The lowest BCUT2D eigenvalue weighted by Crippen LogP contribution is -2.38. The summed E-state index contributed by atoms with van der Waals surface area (Å²) >= 11 is 0. The summed E-state index contributed by atoms with van der Waals surface area (Å²) in [4.78, 5) is 31.4. The summed E-state index contributed by atoms with van der Waals surface area (Å²) in [5, 5.41) is 0. The molecule has 1 rings (SSSR count). The summed E-state index contributed by atoms with van der Waals surface area (Å²) in [5.41, 5.74) is 0.583. The van der Waals surface area contributed by atoms with Crippen LogP contribution >= 0.6 is 0 Å². The van der Waals surface area contributed by atoms with Crippen LogP contribution in [0.3, 0.4) is 0 Å². The largest absolute Gasteiger partial charge is 0.467 e. The number of halogens is 3. The van der Waals surface area contributed by atoms with Gasteiger partial charge in [0.1, 0.15) is 5.69 Å². The summed E-state index contributed by atoms with van der Waals surface area (Å²) in [6.45, 7) is 1.06. The van der Waals surface area contributed by atoms with Gasteiger partial charge >= 0.3 is 12.1 Å². The number of pyridine rings is 1. The Morgan fingerprint density at radius 2 is 1.96 bits per heavy atom. The third kappa shape index (κ3) is 5.18. The van der Waals surface area contributed by atoms with Gasteiger partial charge in [-0.3, -0.25) is 9.63 Å². The number of amides is 1. The summed E-state index contributed by atoms with van der Waals surface area (Å²) in [5.74, 6) is -1.64. The number of hydrogen-bond donors (Lipinski definition) is 1. The van der Waals surface area contributed by atoms with Crippen molar-refractivity contribution in [2.75, 3.05) is 20.8 Å². The van der Waals surface area contributed by atoms with E-state index < -0.39 is 29.9 Å². The number of carbonyl (C=O) groups is 2. The second-order valence-electron chi connectivity index (χ2n) is 4.34.